The largest absolute Gasteiger partial charge is 0.419 e. The fraction of sp³-hybridized carbons (Fsp3) is 0.375. The van der Waals surface area contributed by atoms with Crippen molar-refractivity contribution in [3.8, 4) is 0 Å². The van der Waals surface area contributed by atoms with Crippen LogP contribution in [0.5, 0.6) is 0 Å². The summed E-state index contributed by atoms with van der Waals surface area (Å²) in [5.74, 6) is -0.728. The quantitative estimate of drug-likeness (QED) is 0.453. The highest BCUT2D eigenvalue weighted by Gasteiger charge is 2.26. The lowest BCUT2D eigenvalue weighted by molar-refractivity contribution is -0.132. The van der Waals surface area contributed by atoms with Gasteiger partial charge in [0.1, 0.15) is 0 Å². The van der Waals surface area contributed by atoms with Gasteiger partial charge in [-0.15, -0.1) is 0 Å². The van der Waals surface area contributed by atoms with Crippen LogP contribution in [0.2, 0.25) is 0 Å². The summed E-state index contributed by atoms with van der Waals surface area (Å²) in [6, 6.07) is 6.95. The van der Waals surface area contributed by atoms with Gasteiger partial charge in [0.25, 0.3) is 0 Å². The molecule has 0 aliphatic carbocycles. The molecule has 176 valence electrons. The second-order valence-corrected chi connectivity index (χ2v) is 8.77. The molecule has 1 aliphatic rings. The van der Waals surface area contributed by atoms with Crippen LogP contribution in [0.4, 0.5) is 0 Å². The minimum absolute atomic E-state index is 0.00800. The Morgan fingerprint density at radius 3 is 2.71 bits per heavy atom. The number of amides is 1. The van der Waals surface area contributed by atoms with E-state index < -0.39 is 5.76 Å². The normalized spacial score (nSPS) is 14.8. The van der Waals surface area contributed by atoms with Gasteiger partial charge in [-0.3, -0.25) is 23.7 Å². The second kappa shape index (κ2) is 8.44. The number of carbonyl (C=O) groups is 2. The standard InChI is InChI=1S/C24H25N5O5/c1-14-12-15(13-19-21(14)27(2)24(33)34-19)18(30)5-6-20(31)28-10-7-16(8-11-28)29-17-4-3-9-25-22(17)26-23(29)32/h3-4,9,12-13,16H,5-8,10-11H2,1-2H3,(H,25,26,32). The van der Waals surface area contributed by atoms with E-state index in [-0.39, 0.29) is 36.3 Å². The molecule has 4 heterocycles. The number of benzene rings is 1. The van der Waals surface area contributed by atoms with Crippen LogP contribution in [0, 0.1) is 6.92 Å². The van der Waals surface area contributed by atoms with E-state index in [2.05, 4.69) is 9.97 Å². The maximum Gasteiger partial charge on any atom is 0.419 e. The number of aromatic amines is 1. The van der Waals surface area contributed by atoms with Crippen LogP contribution in [0.3, 0.4) is 0 Å². The van der Waals surface area contributed by atoms with E-state index in [0.29, 0.717) is 48.2 Å². The van der Waals surface area contributed by atoms with Crippen molar-refractivity contribution in [1.29, 1.82) is 0 Å². The molecule has 4 aromatic rings. The minimum atomic E-state index is -0.479. The van der Waals surface area contributed by atoms with Crippen LogP contribution in [0.1, 0.15) is 47.6 Å². The number of imidazole rings is 1. The van der Waals surface area contributed by atoms with Crippen molar-refractivity contribution in [2.75, 3.05) is 13.1 Å². The number of carbonyl (C=O) groups excluding carboxylic acids is 2. The number of Topliss-reactive ketones (excluding diaryl/α,β-unsaturated/α-hetero) is 1. The Labute approximate surface area is 193 Å². The van der Waals surface area contributed by atoms with Gasteiger partial charge in [0.15, 0.2) is 17.0 Å². The molecule has 34 heavy (non-hydrogen) atoms. The van der Waals surface area contributed by atoms with E-state index in [4.69, 9.17) is 4.42 Å². The van der Waals surface area contributed by atoms with Crippen molar-refractivity contribution in [3.05, 3.63) is 62.6 Å². The first kappa shape index (κ1) is 21.9. The zero-order valence-corrected chi connectivity index (χ0v) is 19.0. The Hall–Kier alpha value is -3.95. The number of H-pyrrole nitrogens is 1. The summed E-state index contributed by atoms with van der Waals surface area (Å²) in [5, 5.41) is 0. The lowest BCUT2D eigenvalue weighted by Crippen LogP contribution is -2.40. The van der Waals surface area contributed by atoms with Crippen LogP contribution < -0.4 is 11.4 Å². The first-order valence-corrected chi connectivity index (χ1v) is 11.3. The van der Waals surface area contributed by atoms with E-state index >= 15 is 0 Å². The molecule has 1 aliphatic heterocycles. The minimum Gasteiger partial charge on any atom is -0.408 e. The molecular weight excluding hydrogens is 438 g/mol. The van der Waals surface area contributed by atoms with Gasteiger partial charge in [0.2, 0.25) is 5.91 Å². The van der Waals surface area contributed by atoms with Crippen molar-refractivity contribution in [3.63, 3.8) is 0 Å². The smallest absolute Gasteiger partial charge is 0.408 e. The summed E-state index contributed by atoms with van der Waals surface area (Å²) < 4.78 is 8.36. The Kier molecular flexibility index (Phi) is 5.43. The van der Waals surface area contributed by atoms with Gasteiger partial charge in [-0.25, -0.2) is 14.6 Å². The number of aromatic nitrogens is 4. The molecule has 0 spiro atoms. The second-order valence-electron chi connectivity index (χ2n) is 8.77. The summed E-state index contributed by atoms with van der Waals surface area (Å²) in [6.45, 7) is 2.87. The molecule has 10 heteroatoms. The van der Waals surface area contributed by atoms with Gasteiger partial charge in [0, 0.05) is 50.8 Å². The summed E-state index contributed by atoms with van der Waals surface area (Å²) in [5.41, 5.74) is 3.36. The molecule has 10 nitrogen and oxygen atoms in total. The van der Waals surface area contributed by atoms with E-state index in [1.807, 2.05) is 13.0 Å². The van der Waals surface area contributed by atoms with E-state index in [1.165, 1.54) is 4.57 Å². The number of rotatable bonds is 5. The van der Waals surface area contributed by atoms with E-state index in [0.717, 1.165) is 11.1 Å². The average Bonchev–Trinajstić information content (AvgIpc) is 3.32. The van der Waals surface area contributed by atoms with Crippen LogP contribution in [-0.2, 0) is 11.8 Å². The van der Waals surface area contributed by atoms with E-state index in [9.17, 15) is 19.2 Å². The molecule has 0 bridgehead atoms. The first-order chi connectivity index (χ1) is 16.3. The highest BCUT2D eigenvalue weighted by Crippen LogP contribution is 2.25. The third kappa shape index (κ3) is 3.74. The number of hydrogen-bond donors (Lipinski definition) is 1. The SMILES string of the molecule is Cc1cc(C(=O)CCC(=O)N2CCC(n3c(=O)[nH]c4ncccc43)CC2)cc2oc(=O)n(C)c12. The molecule has 0 saturated carbocycles. The van der Waals surface area contributed by atoms with Crippen LogP contribution in [0.15, 0.2) is 44.5 Å². The monoisotopic (exact) mass is 463 g/mol. The van der Waals surface area contributed by atoms with Crippen molar-refractivity contribution < 1.29 is 14.0 Å². The number of oxazole rings is 1. The molecular formula is C24H25N5O5. The highest BCUT2D eigenvalue weighted by atomic mass is 16.4. The predicted molar refractivity (Wildman–Crippen MR) is 125 cm³/mol. The number of aryl methyl sites for hydroxylation is 2. The van der Waals surface area contributed by atoms with Gasteiger partial charge in [-0.05, 0) is 49.6 Å². The van der Waals surface area contributed by atoms with Gasteiger partial charge in [0.05, 0.1) is 11.0 Å². The average molecular weight is 463 g/mol. The Morgan fingerprint density at radius 1 is 1.18 bits per heavy atom. The number of likely N-dealkylation sites (tertiary alicyclic amines) is 1. The molecule has 1 aromatic carbocycles. The summed E-state index contributed by atoms with van der Waals surface area (Å²) in [6.07, 6.45) is 3.14. The Bertz CT molecular complexity index is 1530. The van der Waals surface area contributed by atoms with Crippen molar-refractivity contribution in [2.45, 2.75) is 38.6 Å². The van der Waals surface area contributed by atoms with E-state index in [1.54, 1.807) is 40.9 Å². The number of hydrogen-bond acceptors (Lipinski definition) is 6. The molecule has 1 amide bonds. The Balaban J connectivity index is 1.21. The highest BCUT2D eigenvalue weighted by molar-refractivity contribution is 6.00. The molecule has 5 rings (SSSR count). The molecule has 0 atom stereocenters. The topological polar surface area (TPSA) is 123 Å². The van der Waals surface area contributed by atoms with Gasteiger partial charge >= 0.3 is 11.4 Å². The Morgan fingerprint density at radius 2 is 1.94 bits per heavy atom. The number of pyridine rings is 1. The van der Waals surface area contributed by atoms with Crippen LogP contribution >= 0.6 is 0 Å². The number of ketones is 1. The molecule has 0 unspecified atom stereocenters. The molecule has 0 radical (unpaired) electrons. The summed E-state index contributed by atoms with van der Waals surface area (Å²) >= 11 is 0. The zero-order valence-electron chi connectivity index (χ0n) is 19.0. The lowest BCUT2D eigenvalue weighted by atomic mass is 10.0. The van der Waals surface area contributed by atoms with Gasteiger partial charge < -0.3 is 9.32 Å². The van der Waals surface area contributed by atoms with Gasteiger partial charge in [-0.1, -0.05) is 0 Å². The molecule has 1 saturated heterocycles. The maximum absolute atomic E-state index is 12.8. The third-order valence-corrected chi connectivity index (χ3v) is 6.63. The number of nitrogens with one attached hydrogen (secondary N) is 1. The number of fused-ring (bicyclic) bond motifs is 2. The number of piperidine rings is 1. The van der Waals surface area contributed by atoms with Crippen molar-refractivity contribution in [2.24, 2.45) is 7.05 Å². The summed E-state index contributed by atoms with van der Waals surface area (Å²) in [4.78, 5) is 58.4. The lowest BCUT2D eigenvalue weighted by Gasteiger charge is -2.32. The molecule has 1 N–H and O–H groups in total. The van der Waals surface area contributed by atoms with Gasteiger partial charge in [-0.2, -0.15) is 0 Å². The molecule has 3 aromatic heterocycles. The molecule has 1 fully saturated rings. The predicted octanol–water partition coefficient (Wildman–Crippen LogP) is 2.30. The van der Waals surface area contributed by atoms with Crippen LogP contribution in [-0.4, -0.2) is 48.8 Å². The zero-order chi connectivity index (χ0) is 24.0. The van der Waals surface area contributed by atoms with Crippen LogP contribution in [0.25, 0.3) is 22.3 Å². The van der Waals surface area contributed by atoms with Crippen molar-refractivity contribution >= 4 is 34.0 Å². The fourth-order valence-electron chi connectivity index (χ4n) is 4.89. The first-order valence-electron chi connectivity index (χ1n) is 11.3. The maximum atomic E-state index is 12.8. The number of nitrogens with zero attached hydrogens (tertiary/aromatic N) is 4. The van der Waals surface area contributed by atoms with Crippen molar-refractivity contribution in [1.82, 2.24) is 24.0 Å². The summed E-state index contributed by atoms with van der Waals surface area (Å²) in [7, 11) is 1.62. The third-order valence-electron chi connectivity index (χ3n) is 6.63. The fourth-order valence-corrected chi connectivity index (χ4v) is 4.89.